The Kier molecular flexibility index (Phi) is 1.93. The molecule has 2 aromatic rings. The van der Waals surface area contributed by atoms with E-state index in [-0.39, 0.29) is 5.95 Å². The monoisotopic (exact) mass is 208 g/mol. The summed E-state index contributed by atoms with van der Waals surface area (Å²) in [5.41, 5.74) is 1.15. The van der Waals surface area contributed by atoms with Crippen LogP contribution in [0, 0.1) is 6.92 Å². The highest BCUT2D eigenvalue weighted by Gasteiger charge is 2.07. The van der Waals surface area contributed by atoms with Crippen LogP contribution in [0.15, 0.2) is 10.9 Å². The minimum Gasteiger partial charge on any atom is -0.465 e. The van der Waals surface area contributed by atoms with Crippen LogP contribution in [0.2, 0.25) is 0 Å². The molecule has 4 N–H and O–H groups in total. The normalized spacial score (nSPS) is 10.5. The quantitative estimate of drug-likeness (QED) is 0.551. The average Bonchev–Trinajstić information content (AvgIpc) is 2.44. The van der Waals surface area contributed by atoms with Crippen LogP contribution in [0.25, 0.3) is 11.0 Å². The Balaban J connectivity index is 2.61. The SMILES string of the molecule is Cc1cc2nc(NC(=O)O)[nH]c(=O)c2[nH]1. The van der Waals surface area contributed by atoms with Gasteiger partial charge in [0.15, 0.2) is 0 Å². The van der Waals surface area contributed by atoms with E-state index in [2.05, 4.69) is 15.0 Å². The Morgan fingerprint density at radius 1 is 1.53 bits per heavy atom. The molecular weight excluding hydrogens is 200 g/mol. The van der Waals surface area contributed by atoms with Crippen molar-refractivity contribution in [3.63, 3.8) is 0 Å². The highest BCUT2D eigenvalue weighted by molar-refractivity contribution is 5.82. The van der Waals surface area contributed by atoms with Crippen LogP contribution >= 0.6 is 0 Å². The van der Waals surface area contributed by atoms with Gasteiger partial charge in [-0.15, -0.1) is 0 Å². The predicted octanol–water partition coefficient (Wildman–Crippen LogP) is 0.650. The van der Waals surface area contributed by atoms with E-state index in [1.54, 1.807) is 13.0 Å². The van der Waals surface area contributed by atoms with Crippen LogP contribution in [0.5, 0.6) is 0 Å². The van der Waals surface area contributed by atoms with E-state index in [0.717, 1.165) is 5.69 Å². The zero-order chi connectivity index (χ0) is 11.0. The van der Waals surface area contributed by atoms with Crippen molar-refractivity contribution in [1.82, 2.24) is 15.0 Å². The first-order valence-corrected chi connectivity index (χ1v) is 4.16. The number of aromatic amines is 2. The van der Waals surface area contributed by atoms with Crippen LogP contribution in [0.1, 0.15) is 5.69 Å². The van der Waals surface area contributed by atoms with Crippen LogP contribution in [0.3, 0.4) is 0 Å². The molecule has 0 radical (unpaired) electrons. The highest BCUT2D eigenvalue weighted by Crippen LogP contribution is 2.09. The van der Waals surface area contributed by atoms with Crippen LogP contribution in [0.4, 0.5) is 10.7 Å². The standard InChI is InChI=1S/C8H8N4O3/c1-3-2-4-5(9-3)6(13)11-7(10-4)12-8(14)15/h2,9H,1H3,(H,14,15)(H2,10,11,12,13). The second kappa shape index (κ2) is 3.12. The van der Waals surface area contributed by atoms with Crippen molar-refractivity contribution >= 4 is 23.1 Å². The number of H-pyrrole nitrogens is 2. The summed E-state index contributed by atoms with van der Waals surface area (Å²) in [5.74, 6) is -0.0843. The highest BCUT2D eigenvalue weighted by atomic mass is 16.4. The molecule has 1 amide bonds. The van der Waals surface area contributed by atoms with Crippen molar-refractivity contribution in [3.8, 4) is 0 Å². The van der Waals surface area contributed by atoms with Crippen molar-refractivity contribution in [2.24, 2.45) is 0 Å². The van der Waals surface area contributed by atoms with E-state index in [1.165, 1.54) is 0 Å². The number of carboxylic acid groups (broad SMARTS) is 1. The molecule has 0 bridgehead atoms. The van der Waals surface area contributed by atoms with Gasteiger partial charge in [-0.1, -0.05) is 0 Å². The van der Waals surface area contributed by atoms with Crippen molar-refractivity contribution in [1.29, 1.82) is 0 Å². The first kappa shape index (κ1) is 9.25. The van der Waals surface area contributed by atoms with Crippen molar-refractivity contribution in [2.45, 2.75) is 6.92 Å². The van der Waals surface area contributed by atoms with Crippen molar-refractivity contribution < 1.29 is 9.90 Å². The van der Waals surface area contributed by atoms with Crippen LogP contribution < -0.4 is 10.9 Å². The first-order valence-electron chi connectivity index (χ1n) is 4.16. The van der Waals surface area contributed by atoms with E-state index in [1.807, 2.05) is 5.32 Å². The van der Waals surface area contributed by atoms with E-state index >= 15 is 0 Å². The Hall–Kier alpha value is -2.31. The summed E-state index contributed by atoms with van der Waals surface area (Å²) >= 11 is 0. The maximum Gasteiger partial charge on any atom is 0.411 e. The molecule has 0 aliphatic heterocycles. The van der Waals surface area contributed by atoms with Crippen LogP contribution in [-0.2, 0) is 0 Å². The predicted molar refractivity (Wildman–Crippen MR) is 53.1 cm³/mol. The van der Waals surface area contributed by atoms with E-state index in [0.29, 0.717) is 11.0 Å². The first-order chi connectivity index (χ1) is 7.06. The molecule has 0 aliphatic rings. The fourth-order valence-electron chi connectivity index (χ4n) is 1.31. The summed E-state index contributed by atoms with van der Waals surface area (Å²) < 4.78 is 0. The van der Waals surface area contributed by atoms with Gasteiger partial charge in [-0.25, -0.2) is 9.78 Å². The third-order valence-electron chi connectivity index (χ3n) is 1.85. The second-order valence-electron chi connectivity index (χ2n) is 3.06. The minimum absolute atomic E-state index is 0.0843. The van der Waals surface area contributed by atoms with Gasteiger partial charge in [0.1, 0.15) is 5.52 Å². The molecular formula is C8H8N4O3. The van der Waals surface area contributed by atoms with Crippen LogP contribution in [-0.4, -0.2) is 26.2 Å². The van der Waals surface area contributed by atoms with Gasteiger partial charge in [0.05, 0.1) is 5.52 Å². The Morgan fingerprint density at radius 3 is 2.93 bits per heavy atom. The summed E-state index contributed by atoms with van der Waals surface area (Å²) in [6, 6.07) is 1.66. The van der Waals surface area contributed by atoms with E-state index < -0.39 is 11.7 Å². The molecule has 78 valence electrons. The second-order valence-corrected chi connectivity index (χ2v) is 3.06. The largest absolute Gasteiger partial charge is 0.465 e. The number of hydrogen-bond acceptors (Lipinski definition) is 3. The Bertz CT molecular complexity index is 583. The van der Waals surface area contributed by atoms with Gasteiger partial charge in [0.25, 0.3) is 5.56 Å². The molecule has 2 aromatic heterocycles. The summed E-state index contributed by atoms with van der Waals surface area (Å²) in [6.45, 7) is 1.78. The molecule has 0 atom stereocenters. The lowest BCUT2D eigenvalue weighted by atomic mass is 10.4. The summed E-state index contributed by atoms with van der Waals surface area (Å²) in [5, 5.41) is 10.4. The number of hydrogen-bond donors (Lipinski definition) is 4. The lowest BCUT2D eigenvalue weighted by Crippen LogP contribution is -2.16. The van der Waals surface area contributed by atoms with Gasteiger partial charge in [0, 0.05) is 5.69 Å². The molecule has 2 rings (SSSR count). The smallest absolute Gasteiger partial charge is 0.411 e. The third kappa shape index (κ3) is 1.66. The zero-order valence-corrected chi connectivity index (χ0v) is 7.79. The van der Waals surface area contributed by atoms with Gasteiger partial charge >= 0.3 is 6.09 Å². The number of nitrogens with one attached hydrogen (secondary N) is 3. The molecule has 0 aromatic carbocycles. The Morgan fingerprint density at radius 2 is 2.27 bits per heavy atom. The molecule has 7 heteroatoms. The molecule has 0 spiro atoms. The summed E-state index contributed by atoms with van der Waals surface area (Å²) in [7, 11) is 0. The van der Waals surface area contributed by atoms with Gasteiger partial charge in [-0.2, -0.15) is 0 Å². The minimum atomic E-state index is -1.27. The number of aromatic nitrogens is 3. The van der Waals surface area contributed by atoms with E-state index in [9.17, 15) is 9.59 Å². The summed E-state index contributed by atoms with van der Waals surface area (Å²) in [6.07, 6.45) is -1.27. The van der Waals surface area contributed by atoms with Gasteiger partial charge in [0.2, 0.25) is 5.95 Å². The van der Waals surface area contributed by atoms with Crippen molar-refractivity contribution in [3.05, 3.63) is 22.1 Å². The number of amides is 1. The van der Waals surface area contributed by atoms with Gasteiger partial charge < -0.3 is 10.1 Å². The van der Waals surface area contributed by atoms with Crippen molar-refractivity contribution in [2.75, 3.05) is 5.32 Å². The maximum absolute atomic E-state index is 11.4. The zero-order valence-electron chi connectivity index (χ0n) is 7.79. The average molecular weight is 208 g/mol. The fraction of sp³-hybridized carbons (Fsp3) is 0.125. The third-order valence-corrected chi connectivity index (χ3v) is 1.85. The molecule has 0 unspecified atom stereocenters. The topological polar surface area (TPSA) is 111 Å². The number of aryl methyl sites for hydroxylation is 1. The molecule has 2 heterocycles. The number of nitrogens with zero attached hydrogens (tertiary/aromatic N) is 1. The van der Waals surface area contributed by atoms with E-state index in [4.69, 9.17) is 5.11 Å². The number of rotatable bonds is 1. The number of carbonyl (C=O) groups is 1. The van der Waals surface area contributed by atoms with Gasteiger partial charge in [-0.3, -0.25) is 15.1 Å². The number of fused-ring (bicyclic) bond motifs is 1. The molecule has 15 heavy (non-hydrogen) atoms. The lowest BCUT2D eigenvalue weighted by molar-refractivity contribution is 0.209. The molecule has 7 nitrogen and oxygen atoms in total. The number of anilines is 1. The molecule has 0 fully saturated rings. The molecule has 0 saturated carbocycles. The molecule has 0 aliphatic carbocycles. The lowest BCUT2D eigenvalue weighted by Gasteiger charge is -1.98. The maximum atomic E-state index is 11.4. The fourth-order valence-corrected chi connectivity index (χ4v) is 1.31. The van der Waals surface area contributed by atoms with Gasteiger partial charge in [-0.05, 0) is 13.0 Å². The Labute approximate surface area is 83.2 Å². The summed E-state index contributed by atoms with van der Waals surface area (Å²) in [4.78, 5) is 30.8. The molecule has 0 saturated heterocycles.